The Balaban J connectivity index is 0.00000225. The minimum absolute atomic E-state index is 0. The SMILES string of the molecule is COc1ccccc1C1(CNC(=O)c2cccc(N)c2)CCCC1.Cl. The number of para-hydroxylation sites is 1. The number of hydrogen-bond acceptors (Lipinski definition) is 3. The van der Waals surface area contributed by atoms with Crippen molar-refractivity contribution < 1.29 is 9.53 Å². The molecule has 4 nitrogen and oxygen atoms in total. The van der Waals surface area contributed by atoms with Gasteiger partial charge in [-0.3, -0.25) is 4.79 Å². The molecule has 134 valence electrons. The molecule has 1 fully saturated rings. The van der Waals surface area contributed by atoms with E-state index in [4.69, 9.17) is 10.5 Å². The summed E-state index contributed by atoms with van der Waals surface area (Å²) in [6.45, 7) is 0.612. The average Bonchev–Trinajstić information content (AvgIpc) is 3.09. The summed E-state index contributed by atoms with van der Waals surface area (Å²) in [7, 11) is 1.70. The second-order valence-corrected chi connectivity index (χ2v) is 6.50. The first kappa shape index (κ1) is 19.1. The average molecular weight is 361 g/mol. The van der Waals surface area contributed by atoms with E-state index in [9.17, 15) is 4.79 Å². The summed E-state index contributed by atoms with van der Waals surface area (Å²) in [6, 6.07) is 15.2. The van der Waals surface area contributed by atoms with Crippen molar-refractivity contribution in [3.05, 3.63) is 59.7 Å². The highest BCUT2D eigenvalue weighted by Gasteiger charge is 2.38. The van der Waals surface area contributed by atoms with Gasteiger partial charge in [-0.05, 0) is 37.1 Å². The number of benzene rings is 2. The van der Waals surface area contributed by atoms with Crippen LogP contribution in [0.2, 0.25) is 0 Å². The molecule has 3 N–H and O–H groups in total. The predicted molar refractivity (Wildman–Crippen MR) is 104 cm³/mol. The molecule has 1 amide bonds. The van der Waals surface area contributed by atoms with Crippen LogP contribution in [0.1, 0.15) is 41.6 Å². The lowest BCUT2D eigenvalue weighted by Gasteiger charge is -2.31. The molecule has 0 atom stereocenters. The third kappa shape index (κ3) is 4.07. The topological polar surface area (TPSA) is 64.3 Å². The highest BCUT2D eigenvalue weighted by molar-refractivity contribution is 5.95. The van der Waals surface area contributed by atoms with Crippen molar-refractivity contribution in [1.82, 2.24) is 5.32 Å². The van der Waals surface area contributed by atoms with Crippen molar-refractivity contribution in [2.75, 3.05) is 19.4 Å². The Hall–Kier alpha value is -2.20. The van der Waals surface area contributed by atoms with Gasteiger partial charge in [0.05, 0.1) is 7.11 Å². The third-order valence-corrected chi connectivity index (χ3v) is 4.98. The van der Waals surface area contributed by atoms with Gasteiger partial charge in [0.25, 0.3) is 5.91 Å². The number of ether oxygens (including phenoxy) is 1. The van der Waals surface area contributed by atoms with Crippen LogP contribution >= 0.6 is 12.4 Å². The Morgan fingerprint density at radius 3 is 2.56 bits per heavy atom. The second-order valence-electron chi connectivity index (χ2n) is 6.50. The zero-order valence-electron chi connectivity index (χ0n) is 14.5. The van der Waals surface area contributed by atoms with E-state index in [-0.39, 0.29) is 23.7 Å². The van der Waals surface area contributed by atoms with Crippen molar-refractivity contribution in [3.63, 3.8) is 0 Å². The zero-order chi connectivity index (χ0) is 17.0. The number of hydrogen-bond donors (Lipinski definition) is 2. The fourth-order valence-electron chi connectivity index (χ4n) is 3.71. The Bertz CT molecular complexity index is 727. The fourth-order valence-corrected chi connectivity index (χ4v) is 3.71. The summed E-state index contributed by atoms with van der Waals surface area (Å²) in [4.78, 5) is 12.5. The number of rotatable bonds is 5. The normalized spacial score (nSPS) is 15.2. The van der Waals surface area contributed by atoms with Crippen molar-refractivity contribution in [1.29, 1.82) is 0 Å². The van der Waals surface area contributed by atoms with Crippen LogP contribution in [0, 0.1) is 0 Å². The van der Waals surface area contributed by atoms with Crippen LogP contribution in [-0.4, -0.2) is 19.6 Å². The zero-order valence-corrected chi connectivity index (χ0v) is 15.3. The Kier molecular flexibility index (Phi) is 6.32. The molecule has 0 bridgehead atoms. The van der Waals surface area contributed by atoms with Gasteiger partial charge in [0, 0.05) is 28.8 Å². The third-order valence-electron chi connectivity index (χ3n) is 4.98. The summed E-state index contributed by atoms with van der Waals surface area (Å²) in [6.07, 6.45) is 4.47. The van der Waals surface area contributed by atoms with E-state index in [0.717, 1.165) is 18.6 Å². The number of nitrogens with two attached hydrogens (primary N) is 1. The molecular formula is C20H25ClN2O2. The summed E-state index contributed by atoms with van der Waals surface area (Å²) >= 11 is 0. The van der Waals surface area contributed by atoms with Gasteiger partial charge in [-0.25, -0.2) is 0 Å². The van der Waals surface area contributed by atoms with Crippen LogP contribution in [0.15, 0.2) is 48.5 Å². The number of carbonyl (C=O) groups excluding carboxylic acids is 1. The van der Waals surface area contributed by atoms with E-state index in [1.807, 2.05) is 18.2 Å². The molecule has 2 aromatic carbocycles. The number of anilines is 1. The molecule has 2 aromatic rings. The fraction of sp³-hybridized carbons (Fsp3) is 0.350. The Labute approximate surface area is 155 Å². The maximum Gasteiger partial charge on any atom is 0.251 e. The smallest absolute Gasteiger partial charge is 0.251 e. The van der Waals surface area contributed by atoms with Crippen LogP contribution in [0.4, 0.5) is 5.69 Å². The Morgan fingerprint density at radius 1 is 1.16 bits per heavy atom. The summed E-state index contributed by atoms with van der Waals surface area (Å²) < 4.78 is 5.56. The minimum Gasteiger partial charge on any atom is -0.496 e. The number of halogens is 1. The van der Waals surface area contributed by atoms with E-state index in [2.05, 4.69) is 11.4 Å². The lowest BCUT2D eigenvalue weighted by atomic mass is 9.78. The van der Waals surface area contributed by atoms with Crippen molar-refractivity contribution >= 4 is 24.0 Å². The van der Waals surface area contributed by atoms with Gasteiger partial charge >= 0.3 is 0 Å². The quantitative estimate of drug-likeness (QED) is 0.794. The number of carbonyl (C=O) groups is 1. The van der Waals surface area contributed by atoms with Gasteiger partial charge in [0.2, 0.25) is 0 Å². The van der Waals surface area contributed by atoms with Gasteiger partial charge in [-0.15, -0.1) is 12.4 Å². The van der Waals surface area contributed by atoms with Crippen molar-refractivity contribution in [2.24, 2.45) is 0 Å². The molecule has 0 saturated heterocycles. The van der Waals surface area contributed by atoms with Gasteiger partial charge in [0.15, 0.2) is 0 Å². The van der Waals surface area contributed by atoms with Gasteiger partial charge < -0.3 is 15.8 Å². The highest BCUT2D eigenvalue weighted by Crippen LogP contribution is 2.44. The maximum atomic E-state index is 12.5. The molecule has 0 radical (unpaired) electrons. The van der Waals surface area contributed by atoms with E-state index in [1.165, 1.54) is 18.4 Å². The second kappa shape index (κ2) is 8.26. The number of amides is 1. The summed E-state index contributed by atoms with van der Waals surface area (Å²) in [5, 5.41) is 3.11. The summed E-state index contributed by atoms with van der Waals surface area (Å²) in [5.74, 6) is 0.820. The molecule has 1 aliphatic rings. The molecule has 3 rings (SSSR count). The van der Waals surface area contributed by atoms with Crippen molar-refractivity contribution in [2.45, 2.75) is 31.1 Å². The highest BCUT2D eigenvalue weighted by atomic mass is 35.5. The number of nitrogens with one attached hydrogen (secondary N) is 1. The van der Waals surface area contributed by atoms with Crippen LogP contribution in [0.25, 0.3) is 0 Å². The van der Waals surface area contributed by atoms with Gasteiger partial charge in [-0.2, -0.15) is 0 Å². The molecule has 0 spiro atoms. The lowest BCUT2D eigenvalue weighted by molar-refractivity contribution is 0.0943. The molecule has 0 aliphatic heterocycles. The number of methoxy groups -OCH3 is 1. The molecule has 1 saturated carbocycles. The van der Waals surface area contributed by atoms with Crippen LogP contribution in [-0.2, 0) is 5.41 Å². The van der Waals surface area contributed by atoms with E-state index in [1.54, 1.807) is 31.4 Å². The summed E-state index contributed by atoms with van der Waals surface area (Å²) in [5.41, 5.74) is 8.11. The maximum absolute atomic E-state index is 12.5. The van der Waals surface area contributed by atoms with E-state index in [0.29, 0.717) is 17.8 Å². The standard InChI is InChI=1S/C20H24N2O2.ClH/c1-24-18-10-3-2-9-17(18)20(11-4-5-12-20)14-22-19(23)15-7-6-8-16(21)13-15;/h2-3,6-10,13H,4-5,11-12,14,21H2,1H3,(H,22,23);1H. The molecule has 0 unspecified atom stereocenters. The van der Waals surface area contributed by atoms with Crippen molar-refractivity contribution in [3.8, 4) is 5.75 Å². The molecule has 0 heterocycles. The molecular weight excluding hydrogens is 336 g/mol. The monoisotopic (exact) mass is 360 g/mol. The number of nitrogen functional groups attached to an aromatic ring is 1. The largest absolute Gasteiger partial charge is 0.496 e. The van der Waals surface area contributed by atoms with E-state index < -0.39 is 0 Å². The van der Waals surface area contributed by atoms with Gasteiger partial charge in [-0.1, -0.05) is 37.1 Å². The minimum atomic E-state index is -0.0801. The predicted octanol–water partition coefficient (Wildman–Crippen LogP) is 3.94. The van der Waals surface area contributed by atoms with Gasteiger partial charge in [0.1, 0.15) is 5.75 Å². The molecule has 5 heteroatoms. The molecule has 1 aliphatic carbocycles. The Morgan fingerprint density at radius 2 is 1.88 bits per heavy atom. The lowest BCUT2D eigenvalue weighted by Crippen LogP contribution is -2.39. The first-order valence-electron chi connectivity index (χ1n) is 8.42. The van der Waals surface area contributed by atoms with Crippen LogP contribution < -0.4 is 15.8 Å². The molecule has 0 aromatic heterocycles. The molecule has 25 heavy (non-hydrogen) atoms. The van der Waals surface area contributed by atoms with Crippen LogP contribution in [0.3, 0.4) is 0 Å². The van der Waals surface area contributed by atoms with Crippen LogP contribution in [0.5, 0.6) is 5.75 Å². The first-order valence-corrected chi connectivity index (χ1v) is 8.42. The van der Waals surface area contributed by atoms with E-state index >= 15 is 0 Å². The first-order chi connectivity index (χ1) is 11.6.